The number of benzene rings is 1. The maximum Gasteiger partial charge on any atom is 0.237 e. The van der Waals surface area contributed by atoms with Crippen molar-refractivity contribution in [2.45, 2.75) is 17.3 Å². The van der Waals surface area contributed by atoms with E-state index in [1.807, 2.05) is 23.6 Å². The maximum absolute atomic E-state index is 12.3. The lowest BCUT2D eigenvalue weighted by molar-refractivity contribution is -0.115. The Kier molecular flexibility index (Phi) is 5.38. The summed E-state index contributed by atoms with van der Waals surface area (Å²) in [4.78, 5) is 17.7. The third-order valence-corrected chi connectivity index (χ3v) is 5.38. The van der Waals surface area contributed by atoms with Gasteiger partial charge >= 0.3 is 0 Å². The molecule has 0 saturated heterocycles. The van der Waals surface area contributed by atoms with Crippen LogP contribution in [0.5, 0.6) is 0 Å². The van der Waals surface area contributed by atoms with Crippen molar-refractivity contribution in [3.63, 3.8) is 0 Å². The number of rotatable bonds is 5. The zero-order valence-electron chi connectivity index (χ0n) is 13.0. The molecule has 3 rings (SSSR count). The first kappa shape index (κ1) is 17.5. The number of aromatic amines is 1. The number of amides is 1. The normalized spacial score (nSPS) is 11.7. The molecule has 0 aliphatic carbocycles. The first-order chi connectivity index (χ1) is 12.1. The number of thioether (sulfide) groups is 1. The van der Waals surface area contributed by atoms with Gasteiger partial charge in [0.15, 0.2) is 5.82 Å². The summed E-state index contributed by atoms with van der Waals surface area (Å²) in [5, 5.41) is 21.0. The standard InChI is InChI=1S/C16H12ClN5OS2/c1-9(15(23)19-11-5-4-10(8-18)12(17)7-11)25-16-20-14(21-22-16)13-3-2-6-24-13/h2-7,9H,1H3,(H,19,23)(H,20,21,22)/t9-/m1/s1. The molecule has 0 radical (unpaired) electrons. The average molecular weight is 390 g/mol. The summed E-state index contributed by atoms with van der Waals surface area (Å²) in [5.41, 5.74) is 0.902. The van der Waals surface area contributed by atoms with Crippen LogP contribution in [0.4, 0.5) is 5.69 Å². The van der Waals surface area contributed by atoms with Gasteiger partial charge in [-0.15, -0.1) is 16.4 Å². The highest BCUT2D eigenvalue weighted by molar-refractivity contribution is 8.00. The lowest BCUT2D eigenvalue weighted by atomic mass is 10.2. The van der Waals surface area contributed by atoms with Gasteiger partial charge in [-0.05, 0) is 36.6 Å². The Hall–Kier alpha value is -2.34. The molecule has 0 unspecified atom stereocenters. The molecule has 2 N–H and O–H groups in total. The van der Waals surface area contributed by atoms with Gasteiger partial charge in [-0.2, -0.15) is 5.26 Å². The molecule has 0 aliphatic rings. The lowest BCUT2D eigenvalue weighted by Crippen LogP contribution is -2.22. The van der Waals surface area contributed by atoms with E-state index in [-0.39, 0.29) is 5.91 Å². The third-order valence-electron chi connectivity index (χ3n) is 3.23. The predicted molar refractivity (Wildman–Crippen MR) is 99.8 cm³/mol. The predicted octanol–water partition coefficient (Wildman–Crippen LogP) is 4.18. The van der Waals surface area contributed by atoms with Crippen molar-refractivity contribution in [1.82, 2.24) is 15.2 Å². The van der Waals surface area contributed by atoms with E-state index in [0.29, 0.717) is 27.3 Å². The van der Waals surface area contributed by atoms with E-state index in [4.69, 9.17) is 16.9 Å². The van der Waals surface area contributed by atoms with Crippen molar-refractivity contribution in [1.29, 1.82) is 5.26 Å². The van der Waals surface area contributed by atoms with Crippen LogP contribution in [-0.2, 0) is 4.79 Å². The molecular weight excluding hydrogens is 378 g/mol. The van der Waals surface area contributed by atoms with Gasteiger partial charge in [-0.1, -0.05) is 29.4 Å². The van der Waals surface area contributed by atoms with Gasteiger partial charge in [0.05, 0.1) is 20.7 Å². The molecule has 0 aliphatic heterocycles. The summed E-state index contributed by atoms with van der Waals surface area (Å²) < 4.78 is 0. The van der Waals surface area contributed by atoms with Crippen molar-refractivity contribution >= 4 is 46.3 Å². The smallest absolute Gasteiger partial charge is 0.237 e. The molecule has 1 aromatic carbocycles. The summed E-state index contributed by atoms with van der Waals surface area (Å²) in [6.07, 6.45) is 0. The van der Waals surface area contributed by atoms with Crippen molar-refractivity contribution in [3.05, 3.63) is 46.3 Å². The number of anilines is 1. The van der Waals surface area contributed by atoms with Gasteiger partial charge in [-0.25, -0.2) is 4.98 Å². The van der Waals surface area contributed by atoms with E-state index in [0.717, 1.165) is 4.88 Å². The molecule has 25 heavy (non-hydrogen) atoms. The van der Waals surface area contributed by atoms with Crippen LogP contribution < -0.4 is 5.32 Å². The Morgan fingerprint density at radius 3 is 3.00 bits per heavy atom. The van der Waals surface area contributed by atoms with E-state index in [9.17, 15) is 4.79 Å². The molecular formula is C16H12ClN5OS2. The molecule has 0 fully saturated rings. The molecule has 0 spiro atoms. The fourth-order valence-electron chi connectivity index (χ4n) is 1.96. The highest BCUT2D eigenvalue weighted by Crippen LogP contribution is 2.26. The van der Waals surface area contributed by atoms with Gasteiger partial charge in [0, 0.05) is 5.69 Å². The molecule has 0 bridgehead atoms. The monoisotopic (exact) mass is 389 g/mol. The van der Waals surface area contributed by atoms with Crippen molar-refractivity contribution in [2.24, 2.45) is 0 Å². The third kappa shape index (κ3) is 4.20. The molecule has 3 aromatic rings. The molecule has 0 saturated carbocycles. The highest BCUT2D eigenvalue weighted by Gasteiger charge is 2.18. The minimum atomic E-state index is -0.401. The maximum atomic E-state index is 12.3. The van der Waals surface area contributed by atoms with Crippen molar-refractivity contribution < 1.29 is 4.79 Å². The Balaban J connectivity index is 1.63. The minimum Gasteiger partial charge on any atom is -0.325 e. The summed E-state index contributed by atoms with van der Waals surface area (Å²) in [5.74, 6) is 0.484. The van der Waals surface area contributed by atoms with Crippen LogP contribution in [0.25, 0.3) is 10.7 Å². The zero-order chi connectivity index (χ0) is 17.8. The van der Waals surface area contributed by atoms with E-state index in [1.165, 1.54) is 11.8 Å². The number of nitrogens with one attached hydrogen (secondary N) is 2. The number of halogens is 1. The molecule has 1 amide bonds. The first-order valence-corrected chi connectivity index (χ1v) is 9.34. The van der Waals surface area contributed by atoms with Crippen molar-refractivity contribution in [2.75, 3.05) is 5.32 Å². The molecule has 1 atom stereocenters. The fraction of sp³-hybridized carbons (Fsp3) is 0.125. The number of carbonyl (C=O) groups excluding carboxylic acids is 1. The van der Waals surface area contributed by atoms with Crippen molar-refractivity contribution in [3.8, 4) is 16.8 Å². The first-order valence-electron chi connectivity index (χ1n) is 7.20. The van der Waals surface area contributed by atoms with Crippen LogP contribution in [0.3, 0.4) is 0 Å². The Bertz CT molecular complexity index is 932. The summed E-state index contributed by atoms with van der Waals surface area (Å²) in [7, 11) is 0. The van der Waals surface area contributed by atoms with Crippen LogP contribution in [0.15, 0.2) is 40.9 Å². The number of nitriles is 1. The van der Waals surface area contributed by atoms with E-state index in [1.54, 1.807) is 36.5 Å². The van der Waals surface area contributed by atoms with Gasteiger partial charge in [0.1, 0.15) is 6.07 Å². The van der Waals surface area contributed by atoms with E-state index >= 15 is 0 Å². The minimum absolute atomic E-state index is 0.201. The largest absolute Gasteiger partial charge is 0.325 e. The van der Waals surface area contributed by atoms with E-state index < -0.39 is 5.25 Å². The lowest BCUT2D eigenvalue weighted by Gasteiger charge is -2.10. The van der Waals surface area contributed by atoms with Crippen LogP contribution in [0, 0.1) is 11.3 Å². The second-order valence-corrected chi connectivity index (χ2v) is 7.66. The SMILES string of the molecule is C[C@@H](Sc1n[nH]c(-c2cccs2)n1)C(=O)Nc1ccc(C#N)c(Cl)c1. The second kappa shape index (κ2) is 7.70. The number of aromatic nitrogens is 3. The van der Waals surface area contributed by atoms with Crippen LogP contribution in [0.2, 0.25) is 5.02 Å². The Labute approximate surface area is 157 Å². The number of nitrogens with zero attached hydrogens (tertiary/aromatic N) is 3. The van der Waals surface area contributed by atoms with Gasteiger partial charge in [-0.3, -0.25) is 9.89 Å². The van der Waals surface area contributed by atoms with Gasteiger partial charge in [0.2, 0.25) is 11.1 Å². The summed E-state index contributed by atoms with van der Waals surface area (Å²) in [6.45, 7) is 1.77. The number of H-pyrrole nitrogens is 1. The van der Waals surface area contributed by atoms with E-state index in [2.05, 4.69) is 20.5 Å². The number of thiophene rings is 1. The average Bonchev–Trinajstić information content (AvgIpc) is 3.26. The van der Waals surface area contributed by atoms with Crippen LogP contribution in [-0.4, -0.2) is 26.3 Å². The summed E-state index contributed by atoms with van der Waals surface area (Å²) in [6, 6.07) is 10.6. The van der Waals surface area contributed by atoms with Gasteiger partial charge in [0.25, 0.3) is 0 Å². The molecule has 2 aromatic heterocycles. The Morgan fingerprint density at radius 2 is 2.32 bits per heavy atom. The highest BCUT2D eigenvalue weighted by atomic mass is 35.5. The number of hydrogen-bond acceptors (Lipinski definition) is 6. The quantitative estimate of drug-likeness (QED) is 0.638. The number of hydrogen-bond donors (Lipinski definition) is 2. The fourth-order valence-corrected chi connectivity index (χ4v) is 3.57. The molecule has 6 nitrogen and oxygen atoms in total. The second-order valence-electron chi connectivity index (χ2n) is 5.00. The van der Waals surface area contributed by atoms with Crippen LogP contribution in [0.1, 0.15) is 12.5 Å². The van der Waals surface area contributed by atoms with Crippen LogP contribution >= 0.6 is 34.7 Å². The summed E-state index contributed by atoms with van der Waals surface area (Å²) >= 11 is 8.79. The van der Waals surface area contributed by atoms with Gasteiger partial charge < -0.3 is 5.32 Å². The Morgan fingerprint density at radius 1 is 1.48 bits per heavy atom. The topological polar surface area (TPSA) is 94.5 Å². The molecule has 2 heterocycles. The molecule has 9 heteroatoms. The molecule has 126 valence electrons. The zero-order valence-corrected chi connectivity index (χ0v) is 15.4. The number of carbonyl (C=O) groups is 1.